The van der Waals surface area contributed by atoms with E-state index in [-0.39, 0.29) is 18.0 Å². The summed E-state index contributed by atoms with van der Waals surface area (Å²) in [5, 5.41) is 1.40. The van der Waals surface area contributed by atoms with Crippen LogP contribution in [0.2, 0.25) is 15.1 Å². The van der Waals surface area contributed by atoms with E-state index >= 15 is 0 Å². The molecule has 4 rings (SSSR count). The van der Waals surface area contributed by atoms with E-state index in [4.69, 9.17) is 39.5 Å². The lowest BCUT2D eigenvalue weighted by Crippen LogP contribution is -2.26. The minimum Gasteiger partial charge on any atom is -0.611 e. The van der Waals surface area contributed by atoms with E-state index in [1.54, 1.807) is 36.7 Å². The van der Waals surface area contributed by atoms with Gasteiger partial charge in [-0.15, -0.1) is 0 Å². The Hall–Kier alpha value is -1.21. The van der Waals surface area contributed by atoms with Crippen LogP contribution in [0.5, 0.6) is 0 Å². The van der Waals surface area contributed by atoms with Gasteiger partial charge in [-0.3, -0.25) is 0 Å². The molecule has 27 heavy (non-hydrogen) atoms. The Balaban J connectivity index is 1.62. The third-order valence-corrected chi connectivity index (χ3v) is 7.07. The van der Waals surface area contributed by atoms with E-state index in [2.05, 4.69) is 9.97 Å². The molecule has 2 heterocycles. The number of aromatic nitrogens is 2. The van der Waals surface area contributed by atoms with Gasteiger partial charge in [-0.05, 0) is 41.0 Å². The van der Waals surface area contributed by atoms with Crippen molar-refractivity contribution in [3.05, 3.63) is 80.8 Å². The monoisotopic (exact) mass is 440 g/mol. The number of H-pyrrole nitrogens is 1. The summed E-state index contributed by atoms with van der Waals surface area (Å²) in [6.45, 7) is 0.286. The number of rotatable bonds is 5. The Morgan fingerprint density at radius 3 is 2.63 bits per heavy atom. The summed E-state index contributed by atoms with van der Waals surface area (Å²) < 4.78 is 19.3. The number of hydrogen-bond donors (Lipinski definition) is 1. The van der Waals surface area contributed by atoms with Gasteiger partial charge in [0, 0.05) is 39.1 Å². The van der Waals surface area contributed by atoms with Crippen molar-refractivity contribution in [2.45, 2.75) is 29.3 Å². The van der Waals surface area contributed by atoms with E-state index < -0.39 is 11.2 Å². The van der Waals surface area contributed by atoms with E-state index in [9.17, 15) is 4.55 Å². The lowest BCUT2D eigenvalue weighted by molar-refractivity contribution is 0.0382. The number of benzene rings is 2. The number of nitrogens with zero attached hydrogens (tertiary/aromatic N) is 1. The predicted molar refractivity (Wildman–Crippen MR) is 108 cm³/mol. The molecule has 3 unspecified atom stereocenters. The molecule has 2 aromatic carbocycles. The second kappa shape index (κ2) is 8.03. The van der Waals surface area contributed by atoms with Gasteiger partial charge < -0.3 is 14.3 Å². The maximum Gasteiger partial charge on any atom is 0.160 e. The lowest BCUT2D eigenvalue weighted by atomic mass is 10.0. The molecule has 0 spiro atoms. The zero-order chi connectivity index (χ0) is 19.0. The second-order valence-electron chi connectivity index (χ2n) is 6.23. The summed E-state index contributed by atoms with van der Waals surface area (Å²) in [6, 6.07) is 10.7. The van der Waals surface area contributed by atoms with E-state index in [1.165, 1.54) is 0 Å². The predicted octanol–water partition coefficient (Wildman–Crippen LogP) is 5.36. The number of nitrogens with one attached hydrogen (secondary N) is 1. The van der Waals surface area contributed by atoms with Gasteiger partial charge in [0.1, 0.15) is 11.9 Å². The second-order valence-corrected chi connectivity index (χ2v) is 9.15. The van der Waals surface area contributed by atoms with Crippen LogP contribution < -0.4 is 0 Å². The molecule has 1 aromatic heterocycles. The summed E-state index contributed by atoms with van der Waals surface area (Å²) in [5.74, 6) is 0.769. The zero-order valence-corrected chi connectivity index (χ0v) is 17.1. The third-order valence-electron chi connectivity index (χ3n) is 4.49. The largest absolute Gasteiger partial charge is 0.611 e. The van der Waals surface area contributed by atoms with Crippen molar-refractivity contribution < 1.29 is 9.29 Å². The Kier molecular flexibility index (Phi) is 5.69. The van der Waals surface area contributed by atoms with Gasteiger partial charge in [0.2, 0.25) is 0 Å². The summed E-state index contributed by atoms with van der Waals surface area (Å²) in [4.78, 5) is 8.05. The van der Waals surface area contributed by atoms with Gasteiger partial charge in [-0.2, -0.15) is 0 Å². The highest BCUT2D eigenvalue weighted by Gasteiger charge is 2.46. The number of aromatic amines is 1. The van der Waals surface area contributed by atoms with Gasteiger partial charge >= 0.3 is 0 Å². The Morgan fingerprint density at radius 2 is 1.89 bits per heavy atom. The molecular formula is C19H15Cl3N2O2S. The van der Waals surface area contributed by atoms with Crippen LogP contribution in [0.3, 0.4) is 0 Å². The highest BCUT2D eigenvalue weighted by atomic mass is 35.5. The molecule has 1 N–H and O–H groups in total. The number of halogens is 3. The Bertz CT molecular complexity index is 952. The van der Waals surface area contributed by atoms with Crippen molar-refractivity contribution >= 4 is 46.0 Å². The molecule has 0 saturated heterocycles. The summed E-state index contributed by atoms with van der Waals surface area (Å²) in [5.41, 5.74) is 1.71. The number of ether oxygens (including phenoxy) is 1. The van der Waals surface area contributed by atoms with Crippen LogP contribution in [0, 0.1) is 0 Å². The minimum absolute atomic E-state index is 0.268. The van der Waals surface area contributed by atoms with Crippen molar-refractivity contribution in [1.29, 1.82) is 0 Å². The van der Waals surface area contributed by atoms with Crippen molar-refractivity contribution in [1.82, 2.24) is 9.97 Å². The van der Waals surface area contributed by atoms with E-state index in [0.29, 0.717) is 26.4 Å². The van der Waals surface area contributed by atoms with Crippen LogP contribution in [0.15, 0.2) is 53.7 Å². The van der Waals surface area contributed by atoms with Gasteiger partial charge in [0.05, 0.1) is 13.0 Å². The Morgan fingerprint density at radius 1 is 1.11 bits per heavy atom. The number of fused-ring (bicyclic) bond motifs is 1. The van der Waals surface area contributed by atoms with Crippen LogP contribution >= 0.6 is 34.8 Å². The normalized spacial score (nSPS) is 21.4. The van der Waals surface area contributed by atoms with Crippen molar-refractivity contribution in [2.75, 3.05) is 0 Å². The fraction of sp³-hybridized carbons (Fsp3) is 0.211. The topological polar surface area (TPSA) is 61.0 Å². The number of hydrogen-bond acceptors (Lipinski definition) is 3. The fourth-order valence-corrected chi connectivity index (χ4v) is 5.64. The number of imidazole rings is 1. The van der Waals surface area contributed by atoms with Gasteiger partial charge in [-0.1, -0.05) is 40.9 Å². The molecule has 8 heteroatoms. The molecule has 3 aromatic rings. The summed E-state index contributed by atoms with van der Waals surface area (Å²) >= 11 is 17.1. The maximum atomic E-state index is 13.1. The molecule has 1 aliphatic heterocycles. The Labute approximate surface area is 175 Å². The van der Waals surface area contributed by atoms with Crippen molar-refractivity contribution in [2.24, 2.45) is 0 Å². The highest BCUT2D eigenvalue weighted by Crippen LogP contribution is 2.44. The third kappa shape index (κ3) is 3.99. The first-order valence-corrected chi connectivity index (χ1v) is 10.6. The first-order chi connectivity index (χ1) is 13.0. The molecule has 140 valence electrons. The quantitative estimate of drug-likeness (QED) is 0.542. The fourth-order valence-electron chi connectivity index (χ4n) is 3.19. The smallest absolute Gasteiger partial charge is 0.160 e. The molecule has 0 fully saturated rings. The van der Waals surface area contributed by atoms with Gasteiger partial charge in [0.25, 0.3) is 0 Å². The lowest BCUT2D eigenvalue weighted by Gasteiger charge is -2.20. The molecule has 0 saturated carbocycles. The van der Waals surface area contributed by atoms with Crippen LogP contribution in [-0.2, 0) is 28.9 Å². The first kappa shape index (κ1) is 19.1. The molecule has 3 atom stereocenters. The van der Waals surface area contributed by atoms with Crippen LogP contribution in [0.1, 0.15) is 23.1 Å². The van der Waals surface area contributed by atoms with Gasteiger partial charge in [0.15, 0.2) is 10.1 Å². The SMILES string of the molecule is [O-][S+]1c2cc(Cl)ccc2C(OCc2ccc(Cl)cc2Cl)C1Cc1ncc[nH]1. The minimum atomic E-state index is -1.25. The molecule has 0 bridgehead atoms. The van der Waals surface area contributed by atoms with Crippen LogP contribution in [-0.4, -0.2) is 19.8 Å². The first-order valence-electron chi connectivity index (χ1n) is 8.27. The van der Waals surface area contributed by atoms with Crippen molar-refractivity contribution in [3.8, 4) is 0 Å². The van der Waals surface area contributed by atoms with E-state index in [1.807, 2.05) is 12.1 Å². The average Bonchev–Trinajstić information content (AvgIpc) is 3.23. The summed E-state index contributed by atoms with van der Waals surface area (Å²) in [6.07, 6.45) is 3.58. The zero-order valence-electron chi connectivity index (χ0n) is 14.0. The molecular weight excluding hydrogens is 427 g/mol. The van der Waals surface area contributed by atoms with E-state index in [0.717, 1.165) is 17.0 Å². The molecule has 1 aliphatic rings. The summed E-state index contributed by atoms with van der Waals surface area (Å²) in [7, 11) is 0. The molecule has 0 radical (unpaired) electrons. The van der Waals surface area contributed by atoms with Gasteiger partial charge in [-0.25, -0.2) is 4.98 Å². The maximum absolute atomic E-state index is 13.1. The average molecular weight is 442 g/mol. The molecule has 4 nitrogen and oxygen atoms in total. The highest BCUT2D eigenvalue weighted by molar-refractivity contribution is 7.92. The van der Waals surface area contributed by atoms with Crippen LogP contribution in [0.25, 0.3) is 0 Å². The van der Waals surface area contributed by atoms with Crippen LogP contribution in [0.4, 0.5) is 0 Å². The standard InChI is InChI=1S/C19H15Cl3N2O2S/c20-12-2-1-11(15(22)7-12)10-26-19-14-4-3-13(21)8-16(14)27(25)17(19)9-18-23-5-6-24-18/h1-8,17,19H,9-10H2,(H,23,24). The molecule has 0 aliphatic carbocycles. The van der Waals surface area contributed by atoms with Crippen molar-refractivity contribution in [3.63, 3.8) is 0 Å². The molecule has 0 amide bonds.